The minimum atomic E-state index is -1.88. The van der Waals surface area contributed by atoms with Crippen molar-refractivity contribution in [3.05, 3.63) is 29.6 Å². The van der Waals surface area contributed by atoms with Crippen LogP contribution in [0.2, 0.25) is 0 Å². The van der Waals surface area contributed by atoms with Gasteiger partial charge in [-0.15, -0.1) is 0 Å². The summed E-state index contributed by atoms with van der Waals surface area (Å²) in [5.41, 5.74) is -0.101. The third-order valence-electron chi connectivity index (χ3n) is 2.39. The molecule has 18 heavy (non-hydrogen) atoms. The van der Waals surface area contributed by atoms with E-state index in [1.54, 1.807) is 0 Å². The lowest BCUT2D eigenvalue weighted by Gasteiger charge is -2.11. The molecule has 0 atom stereocenters. The molecule has 1 aromatic carbocycles. The maximum atomic E-state index is 13.4. The minimum Gasteiger partial charge on any atom is -0.423 e. The zero-order chi connectivity index (χ0) is 13.7. The van der Waals surface area contributed by atoms with E-state index in [0.717, 1.165) is 6.07 Å². The molecule has 3 N–H and O–H groups in total. The van der Waals surface area contributed by atoms with Crippen molar-refractivity contribution in [2.45, 2.75) is 0 Å². The molecular weight excluding hydrogens is 238 g/mol. The number of hydrogen-bond acceptors (Lipinski definition) is 4. The van der Waals surface area contributed by atoms with E-state index in [9.17, 15) is 9.18 Å². The first kappa shape index (κ1) is 14.6. The molecular formula is C11H16BFN2O3. The number of amides is 1. The number of hydrogen-bond donors (Lipinski definition) is 3. The van der Waals surface area contributed by atoms with Gasteiger partial charge < -0.3 is 20.3 Å². The van der Waals surface area contributed by atoms with Crippen LogP contribution in [-0.4, -0.2) is 55.2 Å². The van der Waals surface area contributed by atoms with Gasteiger partial charge in [-0.1, -0.05) is 6.07 Å². The van der Waals surface area contributed by atoms with Crippen molar-refractivity contribution in [2.75, 3.05) is 27.2 Å². The summed E-state index contributed by atoms with van der Waals surface area (Å²) in [5.74, 6) is -1.21. The Labute approximate surface area is 105 Å². The van der Waals surface area contributed by atoms with Crippen LogP contribution in [0.1, 0.15) is 10.4 Å². The van der Waals surface area contributed by atoms with Crippen molar-refractivity contribution in [3.8, 4) is 0 Å². The molecule has 0 aliphatic rings. The number of halogens is 1. The third kappa shape index (κ3) is 4.10. The summed E-state index contributed by atoms with van der Waals surface area (Å²) in [6, 6.07) is 3.52. The summed E-state index contributed by atoms with van der Waals surface area (Å²) in [5, 5.41) is 20.3. The predicted octanol–water partition coefficient (Wildman–Crippen LogP) is -1.20. The number of carbonyl (C=O) groups is 1. The van der Waals surface area contributed by atoms with Crippen LogP contribution < -0.4 is 10.8 Å². The van der Waals surface area contributed by atoms with Crippen molar-refractivity contribution in [1.29, 1.82) is 0 Å². The third-order valence-corrected chi connectivity index (χ3v) is 2.39. The number of nitrogens with one attached hydrogen (secondary N) is 1. The van der Waals surface area contributed by atoms with Crippen LogP contribution in [0.4, 0.5) is 4.39 Å². The standard InChI is InChI=1S/C11H16BFN2O3/c1-15(2)6-5-14-11(16)8-3-4-9(12(17)18)10(13)7-8/h3-4,7,17-18H,5-6H2,1-2H3,(H,14,16). The Balaban J connectivity index is 2.67. The highest BCUT2D eigenvalue weighted by molar-refractivity contribution is 6.58. The summed E-state index contributed by atoms with van der Waals surface area (Å²) in [6.07, 6.45) is 0. The van der Waals surface area contributed by atoms with Gasteiger partial charge in [-0.05, 0) is 26.2 Å². The lowest BCUT2D eigenvalue weighted by molar-refractivity contribution is 0.0950. The van der Waals surface area contributed by atoms with Gasteiger partial charge in [0.2, 0.25) is 0 Å². The second-order valence-electron chi connectivity index (χ2n) is 4.17. The molecule has 0 fully saturated rings. The van der Waals surface area contributed by atoms with Crippen LogP contribution in [0, 0.1) is 5.82 Å². The number of likely N-dealkylation sites (N-methyl/N-ethyl adjacent to an activating group) is 1. The van der Waals surface area contributed by atoms with Crippen molar-refractivity contribution in [3.63, 3.8) is 0 Å². The van der Waals surface area contributed by atoms with Crippen LogP contribution in [-0.2, 0) is 0 Å². The number of nitrogens with zero attached hydrogens (tertiary/aromatic N) is 1. The van der Waals surface area contributed by atoms with Gasteiger partial charge in [0, 0.05) is 24.1 Å². The summed E-state index contributed by atoms with van der Waals surface area (Å²) in [6.45, 7) is 1.14. The minimum absolute atomic E-state index is 0.149. The van der Waals surface area contributed by atoms with Crippen LogP contribution in [0.3, 0.4) is 0 Å². The number of carbonyl (C=O) groups excluding carboxylic acids is 1. The molecule has 0 saturated carbocycles. The Bertz CT molecular complexity index is 427. The average molecular weight is 254 g/mol. The fourth-order valence-corrected chi connectivity index (χ4v) is 1.37. The van der Waals surface area contributed by atoms with Crippen LogP contribution in [0.15, 0.2) is 18.2 Å². The Hall–Kier alpha value is -1.44. The topological polar surface area (TPSA) is 72.8 Å². The Morgan fingerprint density at radius 2 is 2.11 bits per heavy atom. The van der Waals surface area contributed by atoms with Crippen LogP contribution >= 0.6 is 0 Å². The van der Waals surface area contributed by atoms with Crippen molar-refractivity contribution < 1.29 is 19.2 Å². The van der Waals surface area contributed by atoms with E-state index in [4.69, 9.17) is 10.0 Å². The highest BCUT2D eigenvalue weighted by Gasteiger charge is 2.17. The van der Waals surface area contributed by atoms with Gasteiger partial charge in [0.25, 0.3) is 5.91 Å². The van der Waals surface area contributed by atoms with E-state index < -0.39 is 18.8 Å². The molecule has 0 spiro atoms. The van der Waals surface area contributed by atoms with Gasteiger partial charge in [-0.3, -0.25) is 4.79 Å². The number of rotatable bonds is 5. The smallest absolute Gasteiger partial charge is 0.423 e. The predicted molar refractivity (Wildman–Crippen MR) is 67.1 cm³/mol. The quantitative estimate of drug-likeness (QED) is 0.577. The zero-order valence-electron chi connectivity index (χ0n) is 10.4. The highest BCUT2D eigenvalue weighted by atomic mass is 19.1. The first-order chi connectivity index (χ1) is 8.41. The molecule has 0 radical (unpaired) electrons. The molecule has 0 aliphatic carbocycles. The summed E-state index contributed by atoms with van der Waals surface area (Å²) >= 11 is 0. The van der Waals surface area contributed by atoms with Crippen molar-refractivity contribution in [2.24, 2.45) is 0 Å². The Morgan fingerprint density at radius 3 is 2.61 bits per heavy atom. The number of benzene rings is 1. The zero-order valence-corrected chi connectivity index (χ0v) is 10.4. The van der Waals surface area contributed by atoms with Gasteiger partial charge >= 0.3 is 7.12 Å². The largest absolute Gasteiger partial charge is 0.491 e. The molecule has 1 amide bonds. The van der Waals surface area contributed by atoms with Gasteiger partial charge in [0.05, 0.1) is 0 Å². The normalized spacial score (nSPS) is 10.6. The maximum absolute atomic E-state index is 13.4. The lowest BCUT2D eigenvalue weighted by Crippen LogP contribution is -2.34. The van der Waals surface area contributed by atoms with Crippen molar-refractivity contribution >= 4 is 18.5 Å². The molecule has 7 heteroatoms. The van der Waals surface area contributed by atoms with Gasteiger partial charge in [-0.2, -0.15) is 0 Å². The Morgan fingerprint density at radius 1 is 1.44 bits per heavy atom. The summed E-state index contributed by atoms with van der Waals surface area (Å²) in [4.78, 5) is 13.5. The van der Waals surface area contributed by atoms with E-state index in [1.807, 2.05) is 19.0 Å². The molecule has 0 unspecified atom stereocenters. The van der Waals surface area contributed by atoms with Crippen LogP contribution in [0.25, 0.3) is 0 Å². The molecule has 1 aromatic rings. The van der Waals surface area contributed by atoms with Crippen molar-refractivity contribution in [1.82, 2.24) is 10.2 Å². The lowest BCUT2D eigenvalue weighted by atomic mass is 9.79. The molecule has 0 bridgehead atoms. The van der Waals surface area contributed by atoms with E-state index in [1.165, 1.54) is 12.1 Å². The highest BCUT2D eigenvalue weighted by Crippen LogP contribution is 2.02. The Kier molecular flexibility index (Phi) is 5.27. The second-order valence-corrected chi connectivity index (χ2v) is 4.17. The van der Waals surface area contributed by atoms with E-state index >= 15 is 0 Å². The molecule has 0 heterocycles. The molecule has 0 saturated heterocycles. The van der Waals surface area contributed by atoms with E-state index in [2.05, 4.69) is 5.32 Å². The van der Waals surface area contributed by atoms with E-state index in [0.29, 0.717) is 13.1 Å². The maximum Gasteiger partial charge on any atom is 0.491 e. The average Bonchev–Trinajstić information content (AvgIpc) is 2.27. The van der Waals surface area contributed by atoms with Crippen LogP contribution in [0.5, 0.6) is 0 Å². The molecule has 0 aliphatic heterocycles. The first-order valence-corrected chi connectivity index (χ1v) is 5.50. The molecule has 98 valence electrons. The molecule has 5 nitrogen and oxygen atoms in total. The monoisotopic (exact) mass is 254 g/mol. The fourth-order valence-electron chi connectivity index (χ4n) is 1.37. The first-order valence-electron chi connectivity index (χ1n) is 5.50. The molecule has 1 rings (SSSR count). The van der Waals surface area contributed by atoms with Gasteiger partial charge in [0.1, 0.15) is 5.82 Å². The van der Waals surface area contributed by atoms with Gasteiger partial charge in [-0.25, -0.2) is 4.39 Å². The summed E-state index contributed by atoms with van der Waals surface area (Å²) in [7, 11) is 1.88. The second kappa shape index (κ2) is 6.48. The summed E-state index contributed by atoms with van der Waals surface area (Å²) < 4.78 is 13.4. The molecule has 0 aromatic heterocycles. The van der Waals surface area contributed by atoms with Gasteiger partial charge in [0.15, 0.2) is 0 Å². The SMILES string of the molecule is CN(C)CCNC(=O)c1ccc(B(O)O)c(F)c1. The van der Waals surface area contributed by atoms with E-state index in [-0.39, 0.29) is 11.0 Å². The fraction of sp³-hybridized carbons (Fsp3) is 0.364.